The molecule has 1 aromatic heterocycles. The summed E-state index contributed by atoms with van der Waals surface area (Å²) in [5.41, 5.74) is 5.75. The largest absolute Gasteiger partial charge is 0.368 e. The third-order valence-electron chi connectivity index (χ3n) is 3.12. The van der Waals surface area contributed by atoms with E-state index >= 15 is 0 Å². The van der Waals surface area contributed by atoms with Gasteiger partial charge in [-0.15, -0.1) is 0 Å². The van der Waals surface area contributed by atoms with E-state index in [1.165, 1.54) is 0 Å². The Bertz CT molecular complexity index is 420. The lowest BCUT2D eigenvalue weighted by Crippen LogP contribution is -2.51. The van der Waals surface area contributed by atoms with E-state index in [-0.39, 0.29) is 5.95 Å². The molecule has 1 atom stereocenters. The Morgan fingerprint density at radius 3 is 2.56 bits per heavy atom. The zero-order chi connectivity index (χ0) is 13.3. The summed E-state index contributed by atoms with van der Waals surface area (Å²) in [6.45, 7) is 5.09. The third-order valence-corrected chi connectivity index (χ3v) is 3.12. The summed E-state index contributed by atoms with van der Waals surface area (Å²) in [5.74, 6) is 1.55. The van der Waals surface area contributed by atoms with E-state index in [9.17, 15) is 0 Å². The zero-order valence-corrected chi connectivity index (χ0v) is 11.5. The van der Waals surface area contributed by atoms with Crippen LogP contribution in [0.3, 0.4) is 0 Å². The summed E-state index contributed by atoms with van der Waals surface area (Å²) in [7, 11) is 5.92. The fourth-order valence-corrected chi connectivity index (χ4v) is 2.13. The summed E-state index contributed by atoms with van der Waals surface area (Å²) in [4.78, 5) is 19.2. The van der Waals surface area contributed by atoms with Gasteiger partial charge in [-0.05, 0) is 14.0 Å². The molecular weight excluding hydrogens is 230 g/mol. The molecule has 1 aromatic rings. The number of likely N-dealkylation sites (N-methyl/N-ethyl adjacent to an activating group) is 1. The Morgan fingerprint density at radius 2 is 1.94 bits per heavy atom. The maximum Gasteiger partial charge on any atom is 0.232 e. The SMILES string of the molecule is CC1CN(C)CCN1c1nc(N)nc(N(C)C)n1. The van der Waals surface area contributed by atoms with Crippen molar-refractivity contribution in [2.45, 2.75) is 13.0 Å². The molecule has 0 amide bonds. The van der Waals surface area contributed by atoms with Crippen LogP contribution in [0.2, 0.25) is 0 Å². The van der Waals surface area contributed by atoms with Gasteiger partial charge in [0.1, 0.15) is 0 Å². The van der Waals surface area contributed by atoms with Crippen molar-refractivity contribution in [3.8, 4) is 0 Å². The average molecular weight is 251 g/mol. The van der Waals surface area contributed by atoms with Crippen LogP contribution >= 0.6 is 0 Å². The number of nitrogens with two attached hydrogens (primary N) is 1. The van der Waals surface area contributed by atoms with Crippen LogP contribution in [0.15, 0.2) is 0 Å². The van der Waals surface area contributed by atoms with Crippen molar-refractivity contribution < 1.29 is 0 Å². The van der Waals surface area contributed by atoms with E-state index in [1.807, 2.05) is 19.0 Å². The lowest BCUT2D eigenvalue weighted by Gasteiger charge is -2.38. The summed E-state index contributed by atoms with van der Waals surface area (Å²) in [6.07, 6.45) is 0. The molecule has 7 heteroatoms. The Kier molecular flexibility index (Phi) is 3.51. The molecule has 1 aliphatic heterocycles. The number of hydrogen-bond donors (Lipinski definition) is 1. The highest BCUT2D eigenvalue weighted by atomic mass is 15.4. The molecular formula is C11H21N7. The van der Waals surface area contributed by atoms with Gasteiger partial charge < -0.3 is 20.4 Å². The summed E-state index contributed by atoms with van der Waals surface area (Å²) in [5, 5.41) is 0. The minimum absolute atomic E-state index is 0.273. The Morgan fingerprint density at radius 1 is 1.22 bits per heavy atom. The van der Waals surface area contributed by atoms with E-state index in [2.05, 4.69) is 38.7 Å². The summed E-state index contributed by atoms with van der Waals surface area (Å²) in [6, 6.07) is 0.376. The second-order valence-electron chi connectivity index (χ2n) is 4.99. The van der Waals surface area contributed by atoms with Gasteiger partial charge in [0.05, 0.1) is 0 Å². The number of anilines is 3. The van der Waals surface area contributed by atoms with Gasteiger partial charge in [0, 0.05) is 39.8 Å². The van der Waals surface area contributed by atoms with Crippen molar-refractivity contribution >= 4 is 17.8 Å². The first kappa shape index (κ1) is 12.8. The van der Waals surface area contributed by atoms with Crippen LogP contribution in [0.1, 0.15) is 6.92 Å². The van der Waals surface area contributed by atoms with Crippen LogP contribution in [-0.4, -0.2) is 66.7 Å². The van der Waals surface area contributed by atoms with E-state index in [0.717, 1.165) is 19.6 Å². The molecule has 0 spiro atoms. The molecule has 7 nitrogen and oxygen atoms in total. The number of piperazine rings is 1. The van der Waals surface area contributed by atoms with Crippen LogP contribution in [0.25, 0.3) is 0 Å². The van der Waals surface area contributed by atoms with Crippen LogP contribution in [0.4, 0.5) is 17.8 Å². The van der Waals surface area contributed by atoms with Gasteiger partial charge in [-0.1, -0.05) is 0 Å². The second-order valence-corrected chi connectivity index (χ2v) is 4.99. The van der Waals surface area contributed by atoms with Gasteiger partial charge in [0.15, 0.2) is 0 Å². The number of nitrogens with zero attached hydrogens (tertiary/aromatic N) is 6. The molecule has 2 rings (SSSR count). The van der Waals surface area contributed by atoms with Crippen LogP contribution in [-0.2, 0) is 0 Å². The van der Waals surface area contributed by atoms with Gasteiger partial charge in [-0.2, -0.15) is 15.0 Å². The van der Waals surface area contributed by atoms with Crippen molar-refractivity contribution in [1.29, 1.82) is 0 Å². The van der Waals surface area contributed by atoms with E-state index < -0.39 is 0 Å². The van der Waals surface area contributed by atoms with Gasteiger partial charge in [0.25, 0.3) is 0 Å². The van der Waals surface area contributed by atoms with Crippen LogP contribution in [0, 0.1) is 0 Å². The monoisotopic (exact) mass is 251 g/mol. The Hall–Kier alpha value is -1.63. The molecule has 0 bridgehead atoms. The fourth-order valence-electron chi connectivity index (χ4n) is 2.13. The highest BCUT2D eigenvalue weighted by molar-refractivity contribution is 5.43. The first-order chi connectivity index (χ1) is 8.47. The molecule has 1 unspecified atom stereocenters. The number of hydrogen-bond acceptors (Lipinski definition) is 7. The van der Waals surface area contributed by atoms with E-state index in [4.69, 9.17) is 5.73 Å². The summed E-state index contributed by atoms with van der Waals surface area (Å²) < 4.78 is 0. The molecule has 100 valence electrons. The number of nitrogen functional groups attached to an aromatic ring is 1. The molecule has 2 N–H and O–H groups in total. The lowest BCUT2D eigenvalue weighted by molar-refractivity contribution is 0.273. The number of rotatable bonds is 2. The zero-order valence-electron chi connectivity index (χ0n) is 11.5. The topological polar surface area (TPSA) is 74.4 Å². The fraction of sp³-hybridized carbons (Fsp3) is 0.727. The third kappa shape index (κ3) is 2.61. The predicted octanol–water partition coefficient (Wildman–Crippen LogP) is -0.340. The predicted molar refractivity (Wildman–Crippen MR) is 72.9 cm³/mol. The quantitative estimate of drug-likeness (QED) is 0.770. The van der Waals surface area contributed by atoms with Gasteiger partial charge >= 0.3 is 0 Å². The van der Waals surface area contributed by atoms with Crippen LogP contribution < -0.4 is 15.5 Å². The van der Waals surface area contributed by atoms with Crippen molar-refractivity contribution in [2.75, 3.05) is 56.3 Å². The number of aromatic nitrogens is 3. The minimum atomic E-state index is 0.273. The first-order valence-corrected chi connectivity index (χ1v) is 6.11. The maximum atomic E-state index is 5.75. The molecule has 18 heavy (non-hydrogen) atoms. The normalized spacial score (nSPS) is 21.1. The first-order valence-electron chi connectivity index (χ1n) is 6.11. The molecule has 0 aliphatic carbocycles. The molecule has 0 aromatic carbocycles. The minimum Gasteiger partial charge on any atom is -0.368 e. The Labute approximate surface area is 108 Å². The van der Waals surface area contributed by atoms with Crippen molar-refractivity contribution in [1.82, 2.24) is 19.9 Å². The molecule has 2 heterocycles. The second kappa shape index (κ2) is 4.93. The summed E-state index contributed by atoms with van der Waals surface area (Å²) >= 11 is 0. The molecule has 1 aliphatic rings. The highest BCUT2D eigenvalue weighted by Gasteiger charge is 2.24. The standard InChI is InChI=1S/C11H21N7/c1-8-7-17(4)5-6-18(8)11-14-9(12)13-10(15-11)16(2)3/h8H,5-7H2,1-4H3,(H2,12,13,14,15). The smallest absolute Gasteiger partial charge is 0.232 e. The van der Waals surface area contributed by atoms with Crippen LogP contribution in [0.5, 0.6) is 0 Å². The molecule has 0 saturated carbocycles. The van der Waals surface area contributed by atoms with Gasteiger partial charge in [0.2, 0.25) is 17.8 Å². The maximum absolute atomic E-state index is 5.75. The van der Waals surface area contributed by atoms with Gasteiger partial charge in [-0.3, -0.25) is 0 Å². The van der Waals surface area contributed by atoms with Gasteiger partial charge in [-0.25, -0.2) is 0 Å². The lowest BCUT2D eigenvalue weighted by atomic mass is 10.2. The highest BCUT2D eigenvalue weighted by Crippen LogP contribution is 2.18. The average Bonchev–Trinajstić information content (AvgIpc) is 2.27. The van der Waals surface area contributed by atoms with Crippen molar-refractivity contribution in [3.63, 3.8) is 0 Å². The van der Waals surface area contributed by atoms with E-state index in [0.29, 0.717) is 17.9 Å². The molecule has 1 fully saturated rings. The van der Waals surface area contributed by atoms with Crippen molar-refractivity contribution in [2.24, 2.45) is 0 Å². The van der Waals surface area contributed by atoms with Crippen molar-refractivity contribution in [3.05, 3.63) is 0 Å². The van der Waals surface area contributed by atoms with E-state index in [1.54, 1.807) is 0 Å². The molecule has 0 radical (unpaired) electrons. The molecule has 1 saturated heterocycles. The Balaban J connectivity index is 2.27.